The third-order valence-electron chi connectivity index (χ3n) is 2.00. The molecule has 15 heavy (non-hydrogen) atoms. The summed E-state index contributed by atoms with van der Waals surface area (Å²) in [6, 6.07) is -0.882. The molecule has 0 saturated heterocycles. The van der Waals surface area contributed by atoms with Gasteiger partial charge < -0.3 is 20.5 Å². The van der Waals surface area contributed by atoms with Crippen molar-refractivity contribution in [2.24, 2.45) is 5.73 Å². The topological polar surface area (TPSA) is 75.8 Å². The highest BCUT2D eigenvalue weighted by Gasteiger charge is 2.14. The molecule has 0 aromatic carbocycles. The van der Waals surface area contributed by atoms with Crippen LogP contribution in [0, 0.1) is 0 Å². The molecule has 0 aromatic heterocycles. The van der Waals surface area contributed by atoms with Crippen molar-refractivity contribution in [3.05, 3.63) is 0 Å². The van der Waals surface area contributed by atoms with Gasteiger partial charge in [-0.3, -0.25) is 4.79 Å². The number of hydrogen-bond donors (Lipinski definition) is 2. The molecule has 0 unspecified atom stereocenters. The van der Waals surface area contributed by atoms with Crippen molar-refractivity contribution in [2.45, 2.75) is 18.6 Å². The molecule has 0 aromatic rings. The molecular formula is C9H19FN2O3. The van der Waals surface area contributed by atoms with Gasteiger partial charge in [0.25, 0.3) is 0 Å². The summed E-state index contributed by atoms with van der Waals surface area (Å²) < 4.78 is 17.7. The van der Waals surface area contributed by atoms with E-state index >= 15 is 0 Å². The highest BCUT2D eigenvalue weighted by atomic mass is 19.1. The molecule has 90 valence electrons. The predicted octanol–water partition coefficient (Wildman–Crippen LogP) is -0.295. The molecule has 5 nitrogen and oxygen atoms in total. The number of ether oxygens (including phenoxy) is 1. The standard InChI is InChI=1S/C9H19FN2O3/c1-12(5-7(10)6-15-2)4-3-8(11)9(13)14/h7-8H,3-6,11H2,1-2H3,(H,13,14)/t7-,8-/m0/s1. The summed E-state index contributed by atoms with van der Waals surface area (Å²) in [6.45, 7) is 0.729. The van der Waals surface area contributed by atoms with E-state index in [1.54, 1.807) is 11.9 Å². The number of nitrogens with two attached hydrogens (primary N) is 1. The van der Waals surface area contributed by atoms with Crippen molar-refractivity contribution in [1.29, 1.82) is 0 Å². The van der Waals surface area contributed by atoms with Crippen molar-refractivity contribution in [3.8, 4) is 0 Å². The van der Waals surface area contributed by atoms with E-state index in [2.05, 4.69) is 4.74 Å². The maximum Gasteiger partial charge on any atom is 0.320 e. The van der Waals surface area contributed by atoms with E-state index in [0.29, 0.717) is 13.0 Å². The lowest BCUT2D eigenvalue weighted by atomic mass is 10.2. The molecule has 0 bridgehead atoms. The molecule has 0 saturated carbocycles. The van der Waals surface area contributed by atoms with Crippen LogP contribution in [0.3, 0.4) is 0 Å². The van der Waals surface area contributed by atoms with Crippen LogP contribution >= 0.6 is 0 Å². The molecule has 2 atom stereocenters. The highest BCUT2D eigenvalue weighted by molar-refractivity contribution is 5.72. The second-order valence-corrected chi connectivity index (χ2v) is 3.55. The van der Waals surface area contributed by atoms with Crippen LogP contribution in [0.25, 0.3) is 0 Å². The van der Waals surface area contributed by atoms with Crippen LogP contribution < -0.4 is 5.73 Å². The van der Waals surface area contributed by atoms with Crippen LogP contribution in [0.2, 0.25) is 0 Å². The summed E-state index contributed by atoms with van der Waals surface area (Å²) in [7, 11) is 3.16. The lowest BCUT2D eigenvalue weighted by Crippen LogP contribution is -2.36. The first-order valence-electron chi connectivity index (χ1n) is 4.77. The fourth-order valence-electron chi connectivity index (χ4n) is 1.15. The summed E-state index contributed by atoms with van der Waals surface area (Å²) in [4.78, 5) is 12.1. The largest absolute Gasteiger partial charge is 0.480 e. The van der Waals surface area contributed by atoms with Crippen molar-refractivity contribution in [1.82, 2.24) is 4.90 Å². The van der Waals surface area contributed by atoms with E-state index in [9.17, 15) is 9.18 Å². The molecule has 3 N–H and O–H groups in total. The summed E-state index contributed by atoms with van der Waals surface area (Å²) in [6.07, 6.45) is -0.744. The van der Waals surface area contributed by atoms with Crippen LogP contribution in [-0.4, -0.2) is 62.0 Å². The van der Waals surface area contributed by atoms with Crippen LogP contribution in [0.1, 0.15) is 6.42 Å². The summed E-state index contributed by atoms with van der Waals surface area (Å²) in [5, 5.41) is 8.52. The zero-order valence-electron chi connectivity index (χ0n) is 9.15. The maximum atomic E-state index is 13.0. The average molecular weight is 222 g/mol. The minimum Gasteiger partial charge on any atom is -0.480 e. The van der Waals surface area contributed by atoms with Gasteiger partial charge >= 0.3 is 5.97 Å². The highest BCUT2D eigenvalue weighted by Crippen LogP contribution is 1.98. The fraction of sp³-hybridized carbons (Fsp3) is 0.889. The molecular weight excluding hydrogens is 203 g/mol. The van der Waals surface area contributed by atoms with Crippen molar-refractivity contribution in [3.63, 3.8) is 0 Å². The number of halogens is 1. The quantitative estimate of drug-likeness (QED) is 0.590. The lowest BCUT2D eigenvalue weighted by molar-refractivity contribution is -0.138. The van der Waals surface area contributed by atoms with Gasteiger partial charge in [0.1, 0.15) is 12.2 Å². The predicted molar refractivity (Wildman–Crippen MR) is 54.5 cm³/mol. The molecule has 0 heterocycles. The third-order valence-corrected chi connectivity index (χ3v) is 2.00. The fourth-order valence-corrected chi connectivity index (χ4v) is 1.15. The Kier molecular flexibility index (Phi) is 7.19. The molecule has 6 heteroatoms. The van der Waals surface area contributed by atoms with Crippen LogP contribution in [0.4, 0.5) is 4.39 Å². The van der Waals surface area contributed by atoms with E-state index in [1.165, 1.54) is 7.11 Å². The van der Waals surface area contributed by atoms with Crippen LogP contribution in [0.5, 0.6) is 0 Å². The smallest absolute Gasteiger partial charge is 0.320 e. The van der Waals surface area contributed by atoms with Gasteiger partial charge in [0, 0.05) is 13.7 Å². The van der Waals surface area contributed by atoms with Crippen molar-refractivity contribution < 1.29 is 19.0 Å². The van der Waals surface area contributed by atoms with E-state index in [-0.39, 0.29) is 13.2 Å². The molecule has 0 radical (unpaired) electrons. The number of alkyl halides is 1. The Balaban J connectivity index is 3.65. The monoisotopic (exact) mass is 222 g/mol. The first-order valence-corrected chi connectivity index (χ1v) is 4.77. The number of aliphatic carboxylic acids is 1. The molecule has 0 fully saturated rings. The van der Waals surface area contributed by atoms with Gasteiger partial charge in [-0.15, -0.1) is 0 Å². The van der Waals surface area contributed by atoms with Gasteiger partial charge in [-0.1, -0.05) is 0 Å². The Labute approximate surface area is 89.0 Å². The Morgan fingerprint density at radius 3 is 2.73 bits per heavy atom. The van der Waals surface area contributed by atoms with E-state index in [4.69, 9.17) is 10.8 Å². The Morgan fingerprint density at radius 2 is 2.27 bits per heavy atom. The van der Waals surface area contributed by atoms with Gasteiger partial charge in [-0.25, -0.2) is 4.39 Å². The number of nitrogens with zero attached hydrogens (tertiary/aromatic N) is 1. The van der Waals surface area contributed by atoms with Crippen molar-refractivity contribution in [2.75, 3.05) is 33.9 Å². The lowest BCUT2D eigenvalue weighted by Gasteiger charge is -2.19. The number of methoxy groups -OCH3 is 1. The Hall–Kier alpha value is -0.720. The van der Waals surface area contributed by atoms with Crippen LogP contribution in [0.15, 0.2) is 0 Å². The van der Waals surface area contributed by atoms with Gasteiger partial charge in [0.05, 0.1) is 6.61 Å². The zero-order chi connectivity index (χ0) is 11.8. The molecule has 0 aliphatic carbocycles. The number of hydrogen-bond acceptors (Lipinski definition) is 4. The van der Waals surface area contributed by atoms with Gasteiger partial charge in [0.2, 0.25) is 0 Å². The minimum absolute atomic E-state index is 0.0509. The summed E-state index contributed by atoms with van der Waals surface area (Å²) in [5.41, 5.74) is 5.31. The van der Waals surface area contributed by atoms with E-state index < -0.39 is 18.2 Å². The molecule has 0 rings (SSSR count). The number of rotatable bonds is 8. The second-order valence-electron chi connectivity index (χ2n) is 3.55. The summed E-state index contributed by atoms with van der Waals surface area (Å²) in [5.74, 6) is -1.03. The first kappa shape index (κ1) is 14.3. The van der Waals surface area contributed by atoms with Crippen LogP contribution in [-0.2, 0) is 9.53 Å². The maximum absolute atomic E-state index is 13.0. The number of carboxylic acid groups (broad SMARTS) is 1. The first-order chi connectivity index (χ1) is 6.97. The third kappa shape index (κ3) is 7.24. The molecule has 0 aliphatic heterocycles. The zero-order valence-corrected chi connectivity index (χ0v) is 9.15. The van der Waals surface area contributed by atoms with E-state index in [0.717, 1.165) is 0 Å². The number of carbonyl (C=O) groups is 1. The molecule has 0 amide bonds. The van der Waals surface area contributed by atoms with Crippen molar-refractivity contribution >= 4 is 5.97 Å². The average Bonchev–Trinajstić information content (AvgIpc) is 2.14. The van der Waals surface area contributed by atoms with Gasteiger partial charge in [0.15, 0.2) is 0 Å². The van der Waals surface area contributed by atoms with Gasteiger partial charge in [-0.2, -0.15) is 0 Å². The molecule has 0 spiro atoms. The van der Waals surface area contributed by atoms with Gasteiger partial charge in [-0.05, 0) is 20.0 Å². The minimum atomic E-state index is -1.05. The SMILES string of the molecule is COC[C@@H](F)CN(C)CC[C@H](N)C(=O)O. The Bertz CT molecular complexity index is 192. The second kappa shape index (κ2) is 7.56. The molecule has 0 aliphatic rings. The summed E-state index contributed by atoms with van der Waals surface area (Å²) >= 11 is 0. The normalized spacial score (nSPS) is 15.3. The number of carboxylic acids is 1. The van der Waals surface area contributed by atoms with E-state index in [1.807, 2.05) is 0 Å². The Morgan fingerprint density at radius 1 is 1.67 bits per heavy atom.